The zero-order valence-electron chi connectivity index (χ0n) is 6.26. The summed E-state index contributed by atoms with van der Waals surface area (Å²) in [6, 6.07) is 0. The Bertz CT molecular complexity index is 67.0. The first-order chi connectivity index (χ1) is 4.41. The Morgan fingerprint density at radius 1 is 1.33 bits per heavy atom. The summed E-state index contributed by atoms with van der Waals surface area (Å²) in [5, 5.41) is 0. The SMILES string of the molecule is C[CH]OCC=CCCC. The largest absolute Gasteiger partial charge is 0.372 e. The van der Waals surface area contributed by atoms with E-state index in [1.54, 1.807) is 6.61 Å². The Kier molecular flexibility index (Phi) is 7.44. The molecule has 0 aromatic carbocycles. The van der Waals surface area contributed by atoms with Gasteiger partial charge in [0.2, 0.25) is 0 Å². The summed E-state index contributed by atoms with van der Waals surface area (Å²) >= 11 is 0. The molecule has 0 aliphatic carbocycles. The van der Waals surface area contributed by atoms with E-state index in [1.165, 1.54) is 6.42 Å². The van der Waals surface area contributed by atoms with E-state index in [2.05, 4.69) is 13.0 Å². The number of ether oxygens (including phenoxy) is 1. The molecule has 0 saturated carbocycles. The summed E-state index contributed by atoms with van der Waals surface area (Å²) in [6.07, 6.45) is 6.56. The first-order valence-corrected chi connectivity index (χ1v) is 3.46. The molecule has 0 saturated heterocycles. The third kappa shape index (κ3) is 7.70. The normalized spacial score (nSPS) is 10.9. The molecule has 0 bridgehead atoms. The van der Waals surface area contributed by atoms with E-state index in [4.69, 9.17) is 4.74 Å². The molecule has 0 spiro atoms. The first-order valence-electron chi connectivity index (χ1n) is 3.46. The van der Waals surface area contributed by atoms with Crippen molar-refractivity contribution in [1.82, 2.24) is 0 Å². The van der Waals surface area contributed by atoms with Crippen molar-refractivity contribution in [2.24, 2.45) is 0 Å². The maximum absolute atomic E-state index is 4.97. The van der Waals surface area contributed by atoms with Crippen LogP contribution in [0, 0.1) is 6.61 Å². The Hall–Kier alpha value is -0.300. The Labute approximate surface area is 57.7 Å². The van der Waals surface area contributed by atoms with E-state index in [9.17, 15) is 0 Å². The van der Waals surface area contributed by atoms with Crippen LogP contribution in [-0.4, -0.2) is 6.61 Å². The molecule has 1 radical (unpaired) electrons. The number of hydrogen-bond acceptors (Lipinski definition) is 1. The maximum Gasteiger partial charge on any atom is 0.0810 e. The van der Waals surface area contributed by atoms with Crippen LogP contribution in [0.4, 0.5) is 0 Å². The van der Waals surface area contributed by atoms with Crippen LogP contribution in [0.3, 0.4) is 0 Å². The van der Waals surface area contributed by atoms with Crippen LogP contribution in [0.2, 0.25) is 0 Å². The van der Waals surface area contributed by atoms with Gasteiger partial charge in [0.25, 0.3) is 0 Å². The van der Waals surface area contributed by atoms with Gasteiger partial charge >= 0.3 is 0 Å². The number of unbranched alkanes of at least 4 members (excludes halogenated alkanes) is 1. The van der Waals surface area contributed by atoms with Crippen LogP contribution in [0.15, 0.2) is 12.2 Å². The van der Waals surface area contributed by atoms with Crippen LogP contribution >= 0.6 is 0 Å². The Balaban J connectivity index is 2.86. The van der Waals surface area contributed by atoms with Crippen molar-refractivity contribution in [3.63, 3.8) is 0 Å². The predicted octanol–water partition coefficient (Wildman–Crippen LogP) is 2.54. The van der Waals surface area contributed by atoms with Gasteiger partial charge in [-0.25, -0.2) is 0 Å². The lowest BCUT2D eigenvalue weighted by Gasteiger charge is -1.90. The summed E-state index contributed by atoms with van der Waals surface area (Å²) in [7, 11) is 0. The molecule has 0 N–H and O–H groups in total. The highest BCUT2D eigenvalue weighted by molar-refractivity contribution is 4.80. The second kappa shape index (κ2) is 7.70. The molecule has 0 aliphatic rings. The smallest absolute Gasteiger partial charge is 0.0810 e. The van der Waals surface area contributed by atoms with Crippen LogP contribution in [-0.2, 0) is 4.74 Å². The van der Waals surface area contributed by atoms with E-state index in [-0.39, 0.29) is 0 Å². The quantitative estimate of drug-likeness (QED) is 0.407. The topological polar surface area (TPSA) is 9.23 Å². The van der Waals surface area contributed by atoms with Gasteiger partial charge in [0.15, 0.2) is 0 Å². The van der Waals surface area contributed by atoms with Gasteiger partial charge in [-0.15, -0.1) is 0 Å². The molecule has 9 heavy (non-hydrogen) atoms. The third-order valence-corrected chi connectivity index (χ3v) is 0.981. The highest BCUT2D eigenvalue weighted by Crippen LogP contribution is 1.88. The van der Waals surface area contributed by atoms with E-state index in [0.717, 1.165) is 13.0 Å². The molecule has 53 valence electrons. The standard InChI is InChI=1S/C8H15O/c1-3-5-6-7-8-9-4-2/h4,6-7H,3,5,8H2,1-2H3. The molecular formula is C8H15O. The summed E-state index contributed by atoms with van der Waals surface area (Å²) in [6.45, 7) is 6.47. The molecule has 0 unspecified atom stereocenters. The van der Waals surface area contributed by atoms with Crippen LogP contribution in [0.25, 0.3) is 0 Å². The molecular weight excluding hydrogens is 112 g/mol. The second-order valence-corrected chi connectivity index (χ2v) is 1.83. The van der Waals surface area contributed by atoms with Crippen molar-refractivity contribution in [3.8, 4) is 0 Å². The van der Waals surface area contributed by atoms with Gasteiger partial charge in [0.1, 0.15) is 0 Å². The molecule has 0 rings (SSSR count). The third-order valence-electron chi connectivity index (χ3n) is 0.981. The summed E-state index contributed by atoms with van der Waals surface area (Å²) in [4.78, 5) is 0. The monoisotopic (exact) mass is 127 g/mol. The average molecular weight is 127 g/mol. The fraction of sp³-hybridized carbons (Fsp3) is 0.625. The van der Waals surface area contributed by atoms with Gasteiger partial charge in [-0.3, -0.25) is 0 Å². The summed E-state index contributed by atoms with van der Waals surface area (Å²) < 4.78 is 4.97. The number of rotatable bonds is 5. The molecule has 0 amide bonds. The minimum Gasteiger partial charge on any atom is -0.372 e. The van der Waals surface area contributed by atoms with E-state index < -0.39 is 0 Å². The highest BCUT2D eigenvalue weighted by Gasteiger charge is 1.75. The molecule has 1 heteroatoms. The van der Waals surface area contributed by atoms with Gasteiger partial charge in [-0.1, -0.05) is 25.5 Å². The lowest BCUT2D eigenvalue weighted by molar-refractivity contribution is 0.239. The molecule has 0 fully saturated rings. The molecule has 0 aromatic rings. The minimum absolute atomic E-state index is 0.719. The first kappa shape index (κ1) is 8.70. The number of hydrogen-bond donors (Lipinski definition) is 0. The fourth-order valence-electron chi connectivity index (χ4n) is 0.504. The van der Waals surface area contributed by atoms with Crippen molar-refractivity contribution in [3.05, 3.63) is 18.8 Å². The van der Waals surface area contributed by atoms with Gasteiger partial charge in [0.05, 0.1) is 13.2 Å². The highest BCUT2D eigenvalue weighted by atomic mass is 16.5. The molecule has 0 heterocycles. The van der Waals surface area contributed by atoms with Crippen molar-refractivity contribution in [2.75, 3.05) is 6.61 Å². The van der Waals surface area contributed by atoms with Crippen molar-refractivity contribution >= 4 is 0 Å². The lowest BCUT2D eigenvalue weighted by Crippen LogP contribution is -1.82. The van der Waals surface area contributed by atoms with Gasteiger partial charge in [-0.2, -0.15) is 0 Å². The zero-order chi connectivity index (χ0) is 6.95. The maximum atomic E-state index is 4.97. The van der Waals surface area contributed by atoms with Crippen molar-refractivity contribution in [1.29, 1.82) is 0 Å². The van der Waals surface area contributed by atoms with Crippen LogP contribution < -0.4 is 0 Å². The molecule has 1 nitrogen and oxygen atoms in total. The average Bonchev–Trinajstić information content (AvgIpc) is 1.89. The fourth-order valence-corrected chi connectivity index (χ4v) is 0.504. The van der Waals surface area contributed by atoms with E-state index in [0.29, 0.717) is 0 Å². The summed E-state index contributed by atoms with van der Waals surface area (Å²) in [5.41, 5.74) is 0. The minimum atomic E-state index is 0.719. The van der Waals surface area contributed by atoms with Crippen LogP contribution in [0.1, 0.15) is 26.7 Å². The number of allylic oxidation sites excluding steroid dienone is 1. The summed E-state index contributed by atoms with van der Waals surface area (Å²) in [5.74, 6) is 0. The molecule has 0 aromatic heterocycles. The van der Waals surface area contributed by atoms with Gasteiger partial charge in [-0.05, 0) is 13.3 Å². The van der Waals surface area contributed by atoms with Gasteiger partial charge in [0, 0.05) is 0 Å². The van der Waals surface area contributed by atoms with E-state index in [1.807, 2.05) is 13.0 Å². The van der Waals surface area contributed by atoms with Gasteiger partial charge < -0.3 is 4.74 Å². The predicted molar refractivity (Wildman–Crippen MR) is 40.0 cm³/mol. The van der Waals surface area contributed by atoms with E-state index >= 15 is 0 Å². The van der Waals surface area contributed by atoms with Crippen molar-refractivity contribution < 1.29 is 4.74 Å². The second-order valence-electron chi connectivity index (χ2n) is 1.83. The van der Waals surface area contributed by atoms with Crippen molar-refractivity contribution in [2.45, 2.75) is 26.7 Å². The Morgan fingerprint density at radius 2 is 2.11 bits per heavy atom. The Morgan fingerprint density at radius 3 is 2.67 bits per heavy atom. The molecule has 0 atom stereocenters. The van der Waals surface area contributed by atoms with Crippen LogP contribution in [0.5, 0.6) is 0 Å². The lowest BCUT2D eigenvalue weighted by atomic mass is 10.3. The zero-order valence-corrected chi connectivity index (χ0v) is 6.26. The molecule has 0 aliphatic heterocycles.